The highest BCUT2D eigenvalue weighted by molar-refractivity contribution is 7.92. The molecular weight excluding hydrogens is 309 g/mol. The minimum Gasteiger partial charge on any atom is -0.261 e. The van der Waals surface area contributed by atoms with Crippen LogP contribution in [0, 0.1) is 6.92 Å². The van der Waals surface area contributed by atoms with Gasteiger partial charge >= 0.3 is 0 Å². The molecule has 100 valence electrons. The molecular formula is C11H9Cl2N3O2S. The summed E-state index contributed by atoms with van der Waals surface area (Å²) >= 11 is 11.6. The van der Waals surface area contributed by atoms with Crippen LogP contribution in [-0.2, 0) is 10.0 Å². The maximum Gasteiger partial charge on any atom is 0.263 e. The standard InChI is InChI=1S/C11H9Cl2N3O2S/c1-7-2-3-8(12)6-9(7)19(17,18)16-11-10(13)14-4-5-15-11/h2-6H,1H3,(H,15,16). The van der Waals surface area contributed by atoms with Crippen molar-refractivity contribution in [2.24, 2.45) is 0 Å². The number of nitrogens with zero attached hydrogens (tertiary/aromatic N) is 2. The van der Waals surface area contributed by atoms with Gasteiger partial charge < -0.3 is 0 Å². The Balaban J connectivity index is 2.44. The van der Waals surface area contributed by atoms with E-state index in [2.05, 4.69) is 14.7 Å². The Labute approximate surface area is 120 Å². The van der Waals surface area contributed by atoms with E-state index < -0.39 is 10.0 Å². The third-order valence-corrected chi connectivity index (χ3v) is 4.32. The van der Waals surface area contributed by atoms with Crippen LogP contribution in [0.2, 0.25) is 10.2 Å². The highest BCUT2D eigenvalue weighted by Gasteiger charge is 2.19. The van der Waals surface area contributed by atoms with Gasteiger partial charge in [-0.15, -0.1) is 0 Å². The third kappa shape index (κ3) is 3.15. The second-order valence-electron chi connectivity index (χ2n) is 3.71. The number of rotatable bonds is 3. The van der Waals surface area contributed by atoms with Gasteiger partial charge in [0.05, 0.1) is 4.90 Å². The maximum atomic E-state index is 12.2. The van der Waals surface area contributed by atoms with Crippen LogP contribution in [0.4, 0.5) is 5.82 Å². The average Bonchev–Trinajstić information content (AvgIpc) is 2.35. The van der Waals surface area contributed by atoms with E-state index in [1.54, 1.807) is 19.1 Å². The number of benzene rings is 1. The average molecular weight is 318 g/mol. The Morgan fingerprint density at radius 2 is 1.84 bits per heavy atom. The molecule has 0 unspecified atom stereocenters. The zero-order valence-electron chi connectivity index (χ0n) is 9.76. The molecule has 2 rings (SSSR count). The molecule has 0 bridgehead atoms. The summed E-state index contributed by atoms with van der Waals surface area (Å²) in [7, 11) is -3.81. The molecule has 0 saturated carbocycles. The van der Waals surface area contributed by atoms with Crippen molar-refractivity contribution < 1.29 is 8.42 Å². The number of hydrogen-bond acceptors (Lipinski definition) is 4. The van der Waals surface area contributed by atoms with E-state index in [1.807, 2.05) is 0 Å². The predicted octanol–water partition coefficient (Wildman–Crippen LogP) is 2.89. The van der Waals surface area contributed by atoms with Crippen molar-refractivity contribution in [3.63, 3.8) is 0 Å². The lowest BCUT2D eigenvalue weighted by Crippen LogP contribution is -2.15. The minimum atomic E-state index is -3.81. The maximum absolute atomic E-state index is 12.2. The first-order valence-corrected chi connectivity index (χ1v) is 7.39. The van der Waals surface area contributed by atoms with Gasteiger partial charge in [0, 0.05) is 17.4 Å². The molecule has 0 atom stereocenters. The van der Waals surface area contributed by atoms with Crippen LogP contribution >= 0.6 is 23.2 Å². The second kappa shape index (κ2) is 5.32. The number of sulfonamides is 1. The Kier molecular flexibility index (Phi) is 3.93. The molecule has 0 aliphatic heterocycles. The summed E-state index contributed by atoms with van der Waals surface area (Å²) < 4.78 is 26.7. The summed E-state index contributed by atoms with van der Waals surface area (Å²) in [5, 5.41) is 0.307. The molecule has 2 aromatic rings. The Hall–Kier alpha value is -1.37. The number of halogens is 2. The van der Waals surface area contributed by atoms with Gasteiger partial charge in [0.2, 0.25) is 0 Å². The summed E-state index contributed by atoms with van der Waals surface area (Å²) in [4.78, 5) is 7.64. The quantitative estimate of drug-likeness (QED) is 0.944. The van der Waals surface area contributed by atoms with Crippen LogP contribution in [0.25, 0.3) is 0 Å². The van der Waals surface area contributed by atoms with Gasteiger partial charge in [-0.3, -0.25) is 4.72 Å². The first-order chi connectivity index (χ1) is 8.90. The molecule has 0 saturated heterocycles. The highest BCUT2D eigenvalue weighted by Crippen LogP contribution is 2.24. The van der Waals surface area contributed by atoms with Crippen molar-refractivity contribution >= 4 is 39.0 Å². The van der Waals surface area contributed by atoms with Gasteiger partial charge in [0.25, 0.3) is 10.0 Å². The summed E-state index contributed by atoms with van der Waals surface area (Å²) in [5.41, 5.74) is 0.567. The first-order valence-electron chi connectivity index (χ1n) is 5.15. The molecule has 1 aromatic carbocycles. The fourth-order valence-electron chi connectivity index (χ4n) is 1.44. The van der Waals surface area contributed by atoms with E-state index >= 15 is 0 Å². The number of aromatic nitrogens is 2. The molecule has 5 nitrogen and oxygen atoms in total. The number of nitrogens with one attached hydrogen (secondary N) is 1. The first kappa shape index (κ1) is 14.0. The smallest absolute Gasteiger partial charge is 0.261 e. The lowest BCUT2D eigenvalue weighted by atomic mass is 10.2. The van der Waals surface area contributed by atoms with Crippen molar-refractivity contribution in [3.05, 3.63) is 46.3 Å². The van der Waals surface area contributed by atoms with Crippen molar-refractivity contribution in [2.45, 2.75) is 11.8 Å². The molecule has 1 N–H and O–H groups in total. The molecule has 0 amide bonds. The molecule has 0 spiro atoms. The molecule has 8 heteroatoms. The summed E-state index contributed by atoms with van der Waals surface area (Å²) in [6, 6.07) is 4.60. The van der Waals surface area contributed by atoms with Crippen LogP contribution < -0.4 is 4.72 Å². The van der Waals surface area contributed by atoms with Crippen LogP contribution in [0.5, 0.6) is 0 Å². The van der Waals surface area contributed by atoms with Gasteiger partial charge in [-0.1, -0.05) is 29.3 Å². The van der Waals surface area contributed by atoms with E-state index in [4.69, 9.17) is 23.2 Å². The van der Waals surface area contributed by atoms with Crippen molar-refractivity contribution in [2.75, 3.05) is 4.72 Å². The molecule has 1 heterocycles. The predicted molar refractivity (Wildman–Crippen MR) is 74.0 cm³/mol. The lowest BCUT2D eigenvalue weighted by molar-refractivity contribution is 0.600. The zero-order valence-corrected chi connectivity index (χ0v) is 12.1. The van der Waals surface area contributed by atoms with Gasteiger partial charge in [-0.25, -0.2) is 18.4 Å². The summed E-state index contributed by atoms with van der Waals surface area (Å²) in [6.07, 6.45) is 2.71. The number of hydrogen-bond donors (Lipinski definition) is 1. The fraction of sp³-hybridized carbons (Fsp3) is 0.0909. The van der Waals surface area contributed by atoms with E-state index in [9.17, 15) is 8.42 Å². The number of aryl methyl sites for hydroxylation is 1. The second-order valence-corrected chi connectivity index (χ2v) is 6.16. The molecule has 0 radical (unpaired) electrons. The highest BCUT2D eigenvalue weighted by atomic mass is 35.5. The van der Waals surface area contributed by atoms with E-state index in [-0.39, 0.29) is 15.9 Å². The zero-order chi connectivity index (χ0) is 14.0. The van der Waals surface area contributed by atoms with E-state index in [0.29, 0.717) is 10.6 Å². The van der Waals surface area contributed by atoms with Crippen LogP contribution in [0.1, 0.15) is 5.56 Å². The van der Waals surface area contributed by atoms with Gasteiger partial charge in [0.15, 0.2) is 11.0 Å². The molecule has 0 aliphatic rings. The van der Waals surface area contributed by atoms with Gasteiger partial charge in [0.1, 0.15) is 0 Å². The Morgan fingerprint density at radius 1 is 1.16 bits per heavy atom. The van der Waals surface area contributed by atoms with E-state index in [1.165, 1.54) is 18.5 Å². The third-order valence-electron chi connectivity index (χ3n) is 2.32. The number of anilines is 1. The monoisotopic (exact) mass is 317 g/mol. The Morgan fingerprint density at radius 3 is 2.53 bits per heavy atom. The van der Waals surface area contributed by atoms with Crippen LogP contribution in [0.15, 0.2) is 35.5 Å². The van der Waals surface area contributed by atoms with Crippen molar-refractivity contribution in [3.8, 4) is 0 Å². The fourth-order valence-corrected chi connectivity index (χ4v) is 3.17. The lowest BCUT2D eigenvalue weighted by Gasteiger charge is -2.10. The minimum absolute atomic E-state index is 0.0224. The van der Waals surface area contributed by atoms with E-state index in [0.717, 1.165) is 0 Å². The molecule has 19 heavy (non-hydrogen) atoms. The van der Waals surface area contributed by atoms with Crippen molar-refractivity contribution in [1.82, 2.24) is 9.97 Å². The topological polar surface area (TPSA) is 72.0 Å². The van der Waals surface area contributed by atoms with Crippen LogP contribution in [0.3, 0.4) is 0 Å². The Bertz CT molecular complexity index is 720. The molecule has 0 aliphatic carbocycles. The summed E-state index contributed by atoms with van der Waals surface area (Å²) in [6.45, 7) is 1.67. The normalized spacial score (nSPS) is 11.3. The SMILES string of the molecule is Cc1ccc(Cl)cc1S(=O)(=O)Nc1nccnc1Cl. The van der Waals surface area contributed by atoms with Gasteiger partial charge in [-0.05, 0) is 24.6 Å². The molecule has 1 aromatic heterocycles. The largest absolute Gasteiger partial charge is 0.263 e. The van der Waals surface area contributed by atoms with Crippen LogP contribution in [-0.4, -0.2) is 18.4 Å². The molecule has 0 fully saturated rings. The van der Waals surface area contributed by atoms with Gasteiger partial charge in [-0.2, -0.15) is 0 Å². The summed E-state index contributed by atoms with van der Waals surface area (Å²) in [5.74, 6) is -0.0245. The van der Waals surface area contributed by atoms with Crippen molar-refractivity contribution in [1.29, 1.82) is 0 Å².